The van der Waals surface area contributed by atoms with E-state index in [0.29, 0.717) is 0 Å². The zero-order chi connectivity index (χ0) is 19.0. The Morgan fingerprint density at radius 3 is 2.29 bits per heavy atom. The van der Waals surface area contributed by atoms with Gasteiger partial charge in [0.1, 0.15) is 5.25 Å². The van der Waals surface area contributed by atoms with E-state index in [9.17, 15) is 32.7 Å². The maximum Gasteiger partial charge on any atom is 1.00 e. The van der Waals surface area contributed by atoms with Crippen LogP contribution in [0.3, 0.4) is 0 Å². The second kappa shape index (κ2) is 9.32. The van der Waals surface area contributed by atoms with Crippen molar-refractivity contribution in [3.8, 4) is 0 Å². The number of rotatable bonds is 4. The molecule has 0 saturated carbocycles. The summed E-state index contributed by atoms with van der Waals surface area (Å²) in [5, 5.41) is -1.50. The first-order valence-electron chi connectivity index (χ1n) is 7.13. The van der Waals surface area contributed by atoms with Crippen LogP contribution in [0.25, 0.3) is 0 Å². The van der Waals surface area contributed by atoms with Crippen LogP contribution in [-0.4, -0.2) is 54.1 Å². The van der Waals surface area contributed by atoms with Crippen LogP contribution in [0, 0.1) is 0 Å². The molecule has 2 atom stereocenters. The molecule has 1 N–H and O–H groups in total. The summed E-state index contributed by atoms with van der Waals surface area (Å²) in [7, 11) is 0. The standard InChI is InChI=1S/C15H10N2O8S.Na.H2O/c18-11-4-5-12(19)16(11)9-3-1-2-8(6-9)15(22)25-17-13(20)7-10(14(17)21)26(23)24;;/h1-6,10H,7H2,(H,23,24);;1H2/q;+1;/p-2. The number of anilines is 1. The fraction of sp³-hybridized carbons (Fsp3) is 0.133. The Kier molecular flexibility index (Phi) is 7.93. The monoisotopic (exact) mass is 417 g/mol. The summed E-state index contributed by atoms with van der Waals surface area (Å²) in [6.45, 7) is 0. The molecule has 2 aliphatic heterocycles. The molecule has 28 heavy (non-hydrogen) atoms. The number of hydrogen-bond acceptors (Lipinski definition) is 9. The van der Waals surface area contributed by atoms with Gasteiger partial charge >= 0.3 is 35.5 Å². The van der Waals surface area contributed by atoms with Crippen molar-refractivity contribution in [1.82, 2.24) is 5.06 Å². The van der Waals surface area contributed by atoms with Gasteiger partial charge in [0.25, 0.3) is 23.6 Å². The van der Waals surface area contributed by atoms with Crippen molar-refractivity contribution in [2.24, 2.45) is 0 Å². The normalized spacial score (nSPS) is 19.4. The quantitative estimate of drug-likeness (QED) is 0.269. The average Bonchev–Trinajstić information content (AvgIpc) is 3.08. The maximum absolute atomic E-state index is 12.2. The van der Waals surface area contributed by atoms with E-state index in [1.165, 1.54) is 24.3 Å². The number of benzene rings is 1. The van der Waals surface area contributed by atoms with Crippen molar-refractivity contribution in [2.75, 3.05) is 4.90 Å². The van der Waals surface area contributed by atoms with Crippen LogP contribution < -0.4 is 34.5 Å². The minimum atomic E-state index is -2.83. The molecule has 1 saturated heterocycles. The number of carbonyl (C=O) groups excluding carboxylic acids is 5. The third-order valence-electron chi connectivity index (χ3n) is 3.62. The van der Waals surface area contributed by atoms with Gasteiger partial charge in [0, 0.05) is 12.2 Å². The molecule has 142 valence electrons. The summed E-state index contributed by atoms with van der Waals surface area (Å²) in [6, 6.07) is 5.22. The molecule has 0 radical (unpaired) electrons. The zero-order valence-corrected chi connectivity index (χ0v) is 17.1. The van der Waals surface area contributed by atoms with Gasteiger partial charge in [0.05, 0.1) is 17.7 Å². The first-order valence-corrected chi connectivity index (χ1v) is 8.26. The molecule has 13 heteroatoms. The molecule has 1 aromatic rings. The summed E-state index contributed by atoms with van der Waals surface area (Å²) in [5.41, 5.74) is -0.0561. The second-order valence-electron chi connectivity index (χ2n) is 5.25. The Bertz CT molecular complexity index is 899. The van der Waals surface area contributed by atoms with E-state index in [0.717, 1.165) is 17.1 Å². The van der Waals surface area contributed by atoms with Gasteiger partial charge in [-0.25, -0.2) is 9.69 Å². The predicted molar refractivity (Wildman–Crippen MR) is 84.6 cm³/mol. The van der Waals surface area contributed by atoms with Crippen LogP contribution in [0.5, 0.6) is 0 Å². The third-order valence-corrected chi connectivity index (χ3v) is 4.45. The van der Waals surface area contributed by atoms with Crippen molar-refractivity contribution in [1.29, 1.82) is 0 Å². The van der Waals surface area contributed by atoms with Gasteiger partial charge < -0.3 is 14.9 Å². The summed E-state index contributed by atoms with van der Waals surface area (Å²) >= 11 is -2.83. The van der Waals surface area contributed by atoms with E-state index in [-0.39, 0.29) is 51.3 Å². The van der Waals surface area contributed by atoms with Gasteiger partial charge in [-0.15, -0.1) is 5.06 Å². The molecule has 1 fully saturated rings. The molecule has 0 bridgehead atoms. The minimum Gasteiger partial charge on any atom is -0.870 e. The van der Waals surface area contributed by atoms with E-state index in [2.05, 4.69) is 0 Å². The van der Waals surface area contributed by atoms with E-state index < -0.39 is 52.3 Å². The number of imide groups is 2. The van der Waals surface area contributed by atoms with Crippen molar-refractivity contribution in [3.05, 3.63) is 42.0 Å². The molecule has 4 amide bonds. The average molecular weight is 417 g/mol. The molecular weight excluding hydrogens is 407 g/mol. The van der Waals surface area contributed by atoms with E-state index in [1.807, 2.05) is 0 Å². The van der Waals surface area contributed by atoms with E-state index in [1.54, 1.807) is 0 Å². The zero-order valence-electron chi connectivity index (χ0n) is 14.3. The van der Waals surface area contributed by atoms with Crippen LogP contribution in [0.4, 0.5) is 5.69 Å². The molecule has 2 heterocycles. The molecule has 3 rings (SSSR count). The van der Waals surface area contributed by atoms with E-state index >= 15 is 0 Å². The number of amides is 4. The minimum absolute atomic E-state index is 0. The summed E-state index contributed by atoms with van der Waals surface area (Å²) in [5.74, 6) is -4.44. The number of nitrogens with zero attached hydrogens (tertiary/aromatic N) is 2. The predicted octanol–water partition coefficient (Wildman–Crippen LogP) is -3.98. The Labute approximate surface area is 182 Å². The van der Waals surface area contributed by atoms with Crippen LogP contribution in [-0.2, 0) is 35.1 Å². The van der Waals surface area contributed by atoms with Crippen LogP contribution >= 0.6 is 0 Å². The third kappa shape index (κ3) is 4.43. The maximum atomic E-state index is 12.2. The fourth-order valence-corrected chi connectivity index (χ4v) is 2.93. The number of hydroxylamine groups is 2. The molecule has 0 aromatic heterocycles. The first-order chi connectivity index (χ1) is 12.3. The molecule has 2 unspecified atom stereocenters. The smallest absolute Gasteiger partial charge is 0.870 e. The molecule has 0 aliphatic carbocycles. The van der Waals surface area contributed by atoms with Crippen LogP contribution in [0.15, 0.2) is 36.4 Å². The van der Waals surface area contributed by atoms with Crippen molar-refractivity contribution in [2.45, 2.75) is 11.7 Å². The van der Waals surface area contributed by atoms with Crippen LogP contribution in [0.1, 0.15) is 16.8 Å². The first kappa shape index (κ1) is 23.8. The Hall–Kier alpha value is -2.22. The van der Waals surface area contributed by atoms with Gasteiger partial charge in [-0.05, 0) is 29.3 Å². The fourth-order valence-electron chi connectivity index (χ4n) is 2.39. The summed E-state index contributed by atoms with van der Waals surface area (Å²) < 4.78 is 21.8. The SMILES string of the molecule is O=C(ON1C(=O)CC(S(=O)[O-])C1=O)c1cccc(N2C(=O)C=CC2=O)c1.[Na+].[OH-]. The number of hydrogen-bond donors (Lipinski definition) is 0. The van der Waals surface area contributed by atoms with Gasteiger partial charge in [-0.1, -0.05) is 6.07 Å². The van der Waals surface area contributed by atoms with Crippen molar-refractivity contribution >= 4 is 46.4 Å². The molecule has 1 aromatic carbocycles. The summed E-state index contributed by atoms with van der Waals surface area (Å²) in [6.07, 6.45) is 1.51. The molecule has 0 spiro atoms. The van der Waals surface area contributed by atoms with Gasteiger partial charge in [0.15, 0.2) is 0 Å². The molecular formula is C15H10N2NaO9S-. The molecule has 2 aliphatic rings. The van der Waals surface area contributed by atoms with Crippen molar-refractivity contribution in [3.63, 3.8) is 0 Å². The summed E-state index contributed by atoms with van der Waals surface area (Å²) in [4.78, 5) is 64.5. The van der Waals surface area contributed by atoms with Crippen molar-refractivity contribution < 1.29 is 72.6 Å². The van der Waals surface area contributed by atoms with Crippen LogP contribution in [0.2, 0.25) is 0 Å². The molecule has 11 nitrogen and oxygen atoms in total. The van der Waals surface area contributed by atoms with Gasteiger partial charge in [-0.3, -0.25) is 23.4 Å². The van der Waals surface area contributed by atoms with E-state index in [4.69, 9.17) is 4.84 Å². The Morgan fingerprint density at radius 2 is 1.75 bits per heavy atom. The van der Waals surface area contributed by atoms with Gasteiger partial charge in [-0.2, -0.15) is 0 Å². The topological polar surface area (TPSA) is 171 Å². The second-order valence-corrected chi connectivity index (χ2v) is 6.34. The van der Waals surface area contributed by atoms with Gasteiger partial charge in [0.2, 0.25) is 0 Å². The Morgan fingerprint density at radius 1 is 1.14 bits per heavy atom. The Balaban J connectivity index is 0.00000196. The largest absolute Gasteiger partial charge is 1.00 e. The number of carbonyl (C=O) groups is 5.